The maximum atomic E-state index is 12.8. The summed E-state index contributed by atoms with van der Waals surface area (Å²) in [4.78, 5) is 13.5. The van der Waals surface area contributed by atoms with Crippen LogP contribution in [-0.2, 0) is 4.79 Å². The largest absolute Gasteiger partial charge is 0.332 e. The highest BCUT2D eigenvalue weighted by Gasteiger charge is 2.22. The zero-order valence-corrected chi connectivity index (χ0v) is 10.5. The first-order valence-electron chi connectivity index (χ1n) is 5.74. The number of hydrogen-bond acceptors (Lipinski definition) is 2. The molecular weight excluding hydrogens is 219 g/mol. The first-order valence-corrected chi connectivity index (χ1v) is 5.74. The molecule has 0 aliphatic heterocycles. The summed E-state index contributed by atoms with van der Waals surface area (Å²) in [6, 6.07) is 6.14. The molecule has 0 radical (unpaired) electrons. The van der Waals surface area contributed by atoms with E-state index in [1.165, 1.54) is 12.1 Å². The zero-order valence-electron chi connectivity index (χ0n) is 10.5. The van der Waals surface area contributed by atoms with Gasteiger partial charge in [-0.15, -0.1) is 0 Å². The van der Waals surface area contributed by atoms with Crippen LogP contribution in [0.1, 0.15) is 32.4 Å². The summed E-state index contributed by atoms with van der Waals surface area (Å²) in [6.07, 6.45) is 0. The number of nitrogens with two attached hydrogens (primary N) is 1. The smallest absolute Gasteiger partial charge is 0.237 e. The Morgan fingerprint density at radius 3 is 2.24 bits per heavy atom. The van der Waals surface area contributed by atoms with E-state index in [0.717, 1.165) is 5.56 Å². The quantitative estimate of drug-likeness (QED) is 0.873. The Morgan fingerprint density at radius 2 is 1.82 bits per heavy atom. The zero-order chi connectivity index (χ0) is 13.0. The van der Waals surface area contributed by atoms with E-state index in [4.69, 9.17) is 5.73 Å². The van der Waals surface area contributed by atoms with Gasteiger partial charge in [-0.2, -0.15) is 0 Å². The number of rotatable bonds is 4. The summed E-state index contributed by atoms with van der Waals surface area (Å²) >= 11 is 0. The Labute approximate surface area is 101 Å². The van der Waals surface area contributed by atoms with E-state index in [9.17, 15) is 9.18 Å². The van der Waals surface area contributed by atoms with Gasteiger partial charge in [0.15, 0.2) is 0 Å². The van der Waals surface area contributed by atoms with E-state index in [1.807, 2.05) is 20.8 Å². The lowest BCUT2D eigenvalue weighted by molar-refractivity contribution is -0.133. The maximum Gasteiger partial charge on any atom is 0.237 e. The first kappa shape index (κ1) is 13.6. The monoisotopic (exact) mass is 238 g/mol. The summed E-state index contributed by atoms with van der Waals surface area (Å²) < 4.78 is 12.8. The van der Waals surface area contributed by atoms with Gasteiger partial charge in [-0.1, -0.05) is 12.1 Å². The molecule has 0 aliphatic rings. The highest BCUT2D eigenvalue weighted by Crippen LogP contribution is 2.22. The minimum atomic E-state index is -0.276. The minimum absolute atomic E-state index is 0.0102. The molecule has 1 rings (SSSR count). The van der Waals surface area contributed by atoms with Crippen molar-refractivity contribution in [1.29, 1.82) is 0 Å². The van der Waals surface area contributed by atoms with E-state index < -0.39 is 0 Å². The van der Waals surface area contributed by atoms with Crippen molar-refractivity contribution >= 4 is 5.91 Å². The Balaban J connectivity index is 2.95. The van der Waals surface area contributed by atoms with Crippen LogP contribution < -0.4 is 5.73 Å². The number of carbonyl (C=O) groups is 1. The van der Waals surface area contributed by atoms with Crippen LogP contribution in [0, 0.1) is 5.82 Å². The lowest BCUT2D eigenvalue weighted by Gasteiger charge is -2.33. The van der Waals surface area contributed by atoms with Gasteiger partial charge in [0.1, 0.15) is 5.82 Å². The SMILES string of the molecule is CC(C)N(C(=O)CN)C(C)c1ccc(F)cc1. The number of amides is 1. The van der Waals surface area contributed by atoms with Crippen LogP contribution in [0.5, 0.6) is 0 Å². The fourth-order valence-corrected chi connectivity index (χ4v) is 1.96. The fraction of sp³-hybridized carbons (Fsp3) is 0.462. The Hall–Kier alpha value is -1.42. The summed E-state index contributed by atoms with van der Waals surface area (Å²) in [5.41, 5.74) is 6.30. The van der Waals surface area contributed by atoms with Gasteiger partial charge >= 0.3 is 0 Å². The van der Waals surface area contributed by atoms with Crippen LogP contribution >= 0.6 is 0 Å². The Bertz CT molecular complexity index is 376. The van der Waals surface area contributed by atoms with Crippen molar-refractivity contribution in [1.82, 2.24) is 4.90 Å². The fourth-order valence-electron chi connectivity index (χ4n) is 1.96. The molecule has 17 heavy (non-hydrogen) atoms. The van der Waals surface area contributed by atoms with Gasteiger partial charge in [0.2, 0.25) is 5.91 Å². The number of benzene rings is 1. The third-order valence-corrected chi connectivity index (χ3v) is 2.79. The van der Waals surface area contributed by atoms with Crippen molar-refractivity contribution in [3.8, 4) is 0 Å². The molecule has 0 saturated heterocycles. The standard InChI is InChI=1S/C13H19FN2O/c1-9(2)16(13(17)8-15)10(3)11-4-6-12(14)7-5-11/h4-7,9-10H,8,15H2,1-3H3. The van der Waals surface area contributed by atoms with Crippen molar-refractivity contribution in [2.24, 2.45) is 5.73 Å². The molecule has 1 aromatic carbocycles. The van der Waals surface area contributed by atoms with E-state index >= 15 is 0 Å². The molecule has 0 aliphatic carbocycles. The van der Waals surface area contributed by atoms with Gasteiger partial charge in [0.25, 0.3) is 0 Å². The van der Waals surface area contributed by atoms with Gasteiger partial charge in [0.05, 0.1) is 12.6 Å². The third-order valence-electron chi connectivity index (χ3n) is 2.79. The molecular formula is C13H19FN2O. The van der Waals surface area contributed by atoms with E-state index in [1.54, 1.807) is 17.0 Å². The van der Waals surface area contributed by atoms with E-state index in [-0.39, 0.29) is 30.4 Å². The molecule has 1 atom stereocenters. The number of nitrogens with zero attached hydrogens (tertiary/aromatic N) is 1. The van der Waals surface area contributed by atoms with Crippen molar-refractivity contribution in [2.75, 3.05) is 6.54 Å². The molecule has 0 fully saturated rings. The molecule has 0 bridgehead atoms. The average Bonchev–Trinajstić information content (AvgIpc) is 2.29. The average molecular weight is 238 g/mol. The lowest BCUT2D eigenvalue weighted by Crippen LogP contribution is -2.42. The summed E-state index contributed by atoms with van der Waals surface area (Å²) in [5, 5.41) is 0. The van der Waals surface area contributed by atoms with Gasteiger partial charge in [-0.3, -0.25) is 4.79 Å². The van der Waals surface area contributed by atoms with Crippen LogP contribution in [0.4, 0.5) is 4.39 Å². The molecule has 2 N–H and O–H groups in total. The Morgan fingerprint density at radius 1 is 1.29 bits per heavy atom. The van der Waals surface area contributed by atoms with Crippen molar-refractivity contribution in [2.45, 2.75) is 32.9 Å². The predicted molar refractivity (Wildman–Crippen MR) is 65.9 cm³/mol. The molecule has 3 nitrogen and oxygen atoms in total. The van der Waals surface area contributed by atoms with Crippen LogP contribution in [0.15, 0.2) is 24.3 Å². The lowest BCUT2D eigenvalue weighted by atomic mass is 10.1. The summed E-state index contributed by atoms with van der Waals surface area (Å²) in [7, 11) is 0. The molecule has 0 saturated carbocycles. The normalized spacial score (nSPS) is 12.6. The molecule has 1 unspecified atom stereocenters. The Kier molecular flexibility index (Phi) is 4.63. The summed E-state index contributed by atoms with van der Waals surface area (Å²) in [6.45, 7) is 5.78. The molecule has 0 aromatic heterocycles. The first-order chi connectivity index (χ1) is 7.97. The predicted octanol–water partition coefficient (Wildman–Crippen LogP) is 2.08. The van der Waals surface area contributed by atoms with Crippen molar-refractivity contribution in [3.63, 3.8) is 0 Å². The highest BCUT2D eigenvalue weighted by molar-refractivity contribution is 5.78. The summed E-state index contributed by atoms with van der Waals surface area (Å²) in [5.74, 6) is -0.376. The van der Waals surface area contributed by atoms with Crippen LogP contribution in [0.25, 0.3) is 0 Å². The molecule has 4 heteroatoms. The maximum absolute atomic E-state index is 12.8. The van der Waals surface area contributed by atoms with Crippen LogP contribution in [-0.4, -0.2) is 23.4 Å². The molecule has 1 amide bonds. The number of halogens is 1. The second-order valence-electron chi connectivity index (χ2n) is 4.33. The minimum Gasteiger partial charge on any atom is -0.332 e. The second-order valence-corrected chi connectivity index (χ2v) is 4.33. The second kappa shape index (κ2) is 5.77. The third kappa shape index (κ3) is 3.27. The van der Waals surface area contributed by atoms with E-state index in [0.29, 0.717) is 0 Å². The van der Waals surface area contributed by atoms with Crippen LogP contribution in [0.3, 0.4) is 0 Å². The van der Waals surface area contributed by atoms with Gasteiger partial charge in [0, 0.05) is 6.04 Å². The van der Waals surface area contributed by atoms with Crippen molar-refractivity contribution in [3.05, 3.63) is 35.6 Å². The number of carbonyl (C=O) groups excluding carboxylic acids is 1. The van der Waals surface area contributed by atoms with Crippen molar-refractivity contribution < 1.29 is 9.18 Å². The highest BCUT2D eigenvalue weighted by atomic mass is 19.1. The van der Waals surface area contributed by atoms with Gasteiger partial charge < -0.3 is 10.6 Å². The van der Waals surface area contributed by atoms with Gasteiger partial charge in [-0.25, -0.2) is 4.39 Å². The van der Waals surface area contributed by atoms with E-state index in [2.05, 4.69) is 0 Å². The molecule has 0 spiro atoms. The number of hydrogen-bond donors (Lipinski definition) is 1. The molecule has 94 valence electrons. The molecule has 1 aromatic rings. The molecule has 0 heterocycles. The van der Waals surface area contributed by atoms with Gasteiger partial charge in [-0.05, 0) is 38.5 Å². The van der Waals surface area contributed by atoms with Crippen LogP contribution in [0.2, 0.25) is 0 Å². The topological polar surface area (TPSA) is 46.3 Å².